The molecular formula is C17H13F3N4O2S. The average Bonchev–Trinajstić information content (AvgIpc) is 2.99. The van der Waals surface area contributed by atoms with Crippen molar-refractivity contribution in [2.75, 3.05) is 5.32 Å². The molecule has 2 heterocycles. The summed E-state index contributed by atoms with van der Waals surface area (Å²) < 4.78 is 44.4. The third kappa shape index (κ3) is 4.22. The molecule has 0 aliphatic rings. The normalized spacial score (nSPS) is 10.9. The van der Waals surface area contributed by atoms with Crippen LogP contribution >= 0.6 is 11.3 Å². The molecule has 3 aromatic rings. The van der Waals surface area contributed by atoms with Gasteiger partial charge in [0.05, 0.1) is 11.1 Å². The Morgan fingerprint density at radius 3 is 2.70 bits per heavy atom. The number of nitrogens with one attached hydrogen (secondary N) is 1. The molecule has 0 saturated heterocycles. The molecule has 1 aromatic carbocycles. The summed E-state index contributed by atoms with van der Waals surface area (Å²) in [5.74, 6) is -1.81. The smallest absolute Gasteiger partial charge is 0.387 e. The zero-order valence-electron chi connectivity index (χ0n) is 14.2. The Kier molecular flexibility index (Phi) is 5.36. The van der Waals surface area contributed by atoms with Crippen molar-refractivity contribution in [1.29, 1.82) is 0 Å². The molecule has 6 nitrogen and oxygen atoms in total. The summed E-state index contributed by atoms with van der Waals surface area (Å²) in [5, 5.41) is 11.0. The van der Waals surface area contributed by atoms with E-state index >= 15 is 0 Å². The summed E-state index contributed by atoms with van der Waals surface area (Å²) in [7, 11) is 0. The van der Waals surface area contributed by atoms with Crippen molar-refractivity contribution in [3.8, 4) is 16.9 Å². The summed E-state index contributed by atoms with van der Waals surface area (Å²) in [6.45, 7) is 0.211. The lowest BCUT2D eigenvalue weighted by molar-refractivity contribution is -0.0495. The van der Waals surface area contributed by atoms with Gasteiger partial charge in [0.2, 0.25) is 5.13 Å². The number of amides is 1. The van der Waals surface area contributed by atoms with E-state index in [1.165, 1.54) is 24.4 Å². The number of carbonyl (C=O) groups excluding carboxylic acids is 1. The predicted octanol–water partition coefficient (Wildman–Crippen LogP) is 4.21. The Balaban J connectivity index is 2.09. The zero-order chi connectivity index (χ0) is 19.6. The first kappa shape index (κ1) is 18.8. The first-order chi connectivity index (χ1) is 12.8. The molecule has 27 heavy (non-hydrogen) atoms. The van der Waals surface area contributed by atoms with Crippen molar-refractivity contribution in [2.24, 2.45) is 0 Å². The summed E-state index contributed by atoms with van der Waals surface area (Å²) in [4.78, 5) is 16.7. The maximum absolute atomic E-state index is 14.5. The molecule has 3 rings (SSSR count). The maximum Gasteiger partial charge on any atom is 0.387 e. The fraction of sp³-hybridized carbons (Fsp3) is 0.176. The number of anilines is 1. The van der Waals surface area contributed by atoms with E-state index < -0.39 is 18.3 Å². The Morgan fingerprint density at radius 2 is 2.04 bits per heavy atom. The zero-order valence-corrected chi connectivity index (χ0v) is 15.0. The van der Waals surface area contributed by atoms with Crippen LogP contribution < -0.4 is 10.1 Å². The second-order valence-electron chi connectivity index (χ2n) is 5.44. The SMILES string of the molecule is Cc1cc(-c2c(F)cccc2OC(F)F)c(C(=O)Nc2nnc(C)s2)cn1. The molecule has 0 bridgehead atoms. The molecular weight excluding hydrogens is 381 g/mol. The third-order valence-electron chi connectivity index (χ3n) is 3.49. The fourth-order valence-electron chi connectivity index (χ4n) is 2.42. The number of pyridine rings is 1. The molecule has 0 spiro atoms. The van der Waals surface area contributed by atoms with E-state index in [-0.39, 0.29) is 27.6 Å². The van der Waals surface area contributed by atoms with Crippen molar-refractivity contribution in [3.05, 3.63) is 52.5 Å². The monoisotopic (exact) mass is 394 g/mol. The Labute approximate surface area is 156 Å². The number of ether oxygens (including phenoxy) is 1. The molecule has 0 fully saturated rings. The van der Waals surface area contributed by atoms with Gasteiger partial charge in [-0.05, 0) is 32.0 Å². The molecule has 1 N–H and O–H groups in total. The number of aromatic nitrogens is 3. The van der Waals surface area contributed by atoms with Crippen LogP contribution in [0.1, 0.15) is 21.1 Å². The van der Waals surface area contributed by atoms with E-state index in [0.29, 0.717) is 10.7 Å². The highest BCUT2D eigenvalue weighted by Gasteiger charge is 2.22. The van der Waals surface area contributed by atoms with Crippen molar-refractivity contribution in [1.82, 2.24) is 15.2 Å². The summed E-state index contributed by atoms with van der Waals surface area (Å²) in [6, 6.07) is 4.97. The Bertz CT molecular complexity index is 994. The van der Waals surface area contributed by atoms with E-state index in [1.807, 2.05) is 0 Å². The first-order valence-corrected chi connectivity index (χ1v) is 8.48. The van der Waals surface area contributed by atoms with Gasteiger partial charge >= 0.3 is 6.61 Å². The molecule has 0 unspecified atom stereocenters. The van der Waals surface area contributed by atoms with Gasteiger partial charge in [0, 0.05) is 17.5 Å². The quantitative estimate of drug-likeness (QED) is 0.702. The summed E-state index contributed by atoms with van der Waals surface area (Å²) in [5.41, 5.74) is 0.286. The lowest BCUT2D eigenvalue weighted by Crippen LogP contribution is -2.14. The van der Waals surface area contributed by atoms with Crippen molar-refractivity contribution in [3.63, 3.8) is 0 Å². The van der Waals surface area contributed by atoms with Gasteiger partial charge in [-0.25, -0.2) is 4.39 Å². The van der Waals surface area contributed by atoms with Gasteiger partial charge in [0.1, 0.15) is 16.6 Å². The van der Waals surface area contributed by atoms with Crippen LogP contribution in [0.4, 0.5) is 18.3 Å². The molecule has 0 saturated carbocycles. The minimum Gasteiger partial charge on any atom is -0.434 e. The van der Waals surface area contributed by atoms with Gasteiger partial charge in [0.15, 0.2) is 0 Å². The van der Waals surface area contributed by atoms with Gasteiger partial charge in [-0.1, -0.05) is 17.4 Å². The van der Waals surface area contributed by atoms with Gasteiger partial charge in [0.25, 0.3) is 5.91 Å². The molecule has 0 radical (unpaired) electrons. The largest absolute Gasteiger partial charge is 0.434 e. The van der Waals surface area contributed by atoms with Crippen LogP contribution in [-0.2, 0) is 0 Å². The van der Waals surface area contributed by atoms with E-state index in [9.17, 15) is 18.0 Å². The third-order valence-corrected chi connectivity index (χ3v) is 4.25. The Hall–Kier alpha value is -3.01. The molecule has 0 aliphatic carbocycles. The molecule has 140 valence electrons. The van der Waals surface area contributed by atoms with Gasteiger partial charge in [-0.2, -0.15) is 8.78 Å². The van der Waals surface area contributed by atoms with Crippen molar-refractivity contribution >= 4 is 22.4 Å². The number of hydrogen-bond acceptors (Lipinski definition) is 6. The highest BCUT2D eigenvalue weighted by Crippen LogP contribution is 2.36. The minimum atomic E-state index is -3.14. The topological polar surface area (TPSA) is 77.0 Å². The standard InChI is InChI=1S/C17H13F3N4O2S/c1-8-6-10(14-12(18)4-3-5-13(14)26-16(19)20)11(7-21-8)15(25)22-17-24-23-9(2)27-17/h3-7,16H,1-2H3,(H,22,24,25). The number of aryl methyl sites for hydroxylation is 2. The number of carbonyl (C=O) groups is 1. The van der Waals surface area contributed by atoms with E-state index in [2.05, 4.69) is 25.2 Å². The number of rotatable bonds is 5. The average molecular weight is 394 g/mol. The predicted molar refractivity (Wildman–Crippen MR) is 93.6 cm³/mol. The van der Waals surface area contributed by atoms with Gasteiger partial charge in [-0.3, -0.25) is 15.1 Å². The first-order valence-electron chi connectivity index (χ1n) is 7.67. The van der Waals surface area contributed by atoms with Crippen LogP contribution in [0.15, 0.2) is 30.5 Å². The van der Waals surface area contributed by atoms with E-state index in [4.69, 9.17) is 0 Å². The maximum atomic E-state index is 14.5. The summed E-state index contributed by atoms with van der Waals surface area (Å²) >= 11 is 1.16. The Morgan fingerprint density at radius 1 is 1.26 bits per heavy atom. The molecule has 0 atom stereocenters. The second-order valence-corrected chi connectivity index (χ2v) is 6.62. The van der Waals surface area contributed by atoms with E-state index in [0.717, 1.165) is 17.4 Å². The molecule has 0 aliphatic heterocycles. The lowest BCUT2D eigenvalue weighted by Gasteiger charge is -2.15. The fourth-order valence-corrected chi connectivity index (χ4v) is 3.01. The molecule has 10 heteroatoms. The number of hydrogen-bond donors (Lipinski definition) is 1. The number of alkyl halides is 2. The number of halogens is 3. The summed E-state index contributed by atoms with van der Waals surface area (Å²) in [6.07, 6.45) is 1.24. The van der Waals surface area contributed by atoms with Gasteiger partial charge in [-0.15, -0.1) is 10.2 Å². The van der Waals surface area contributed by atoms with Crippen molar-refractivity contribution < 1.29 is 22.7 Å². The minimum absolute atomic E-state index is 0.0160. The van der Waals surface area contributed by atoms with Crippen molar-refractivity contribution in [2.45, 2.75) is 20.5 Å². The van der Waals surface area contributed by atoms with Crippen LogP contribution in [0, 0.1) is 19.7 Å². The molecule has 2 aromatic heterocycles. The van der Waals surface area contributed by atoms with Crippen LogP contribution in [0.3, 0.4) is 0 Å². The molecule has 1 amide bonds. The second kappa shape index (κ2) is 7.70. The van der Waals surface area contributed by atoms with Crippen LogP contribution in [0.5, 0.6) is 5.75 Å². The van der Waals surface area contributed by atoms with Crippen LogP contribution in [0.25, 0.3) is 11.1 Å². The van der Waals surface area contributed by atoms with Gasteiger partial charge < -0.3 is 4.74 Å². The van der Waals surface area contributed by atoms with Crippen LogP contribution in [-0.4, -0.2) is 27.7 Å². The number of benzene rings is 1. The highest BCUT2D eigenvalue weighted by atomic mass is 32.1. The number of nitrogens with zero attached hydrogens (tertiary/aromatic N) is 3. The highest BCUT2D eigenvalue weighted by molar-refractivity contribution is 7.15. The van der Waals surface area contributed by atoms with E-state index in [1.54, 1.807) is 13.8 Å². The van der Waals surface area contributed by atoms with Crippen LogP contribution in [0.2, 0.25) is 0 Å². The lowest BCUT2D eigenvalue weighted by atomic mass is 9.98.